The van der Waals surface area contributed by atoms with Crippen molar-refractivity contribution in [3.63, 3.8) is 0 Å². The summed E-state index contributed by atoms with van der Waals surface area (Å²) in [5.74, 6) is 2.13. The third-order valence-electron chi connectivity index (χ3n) is 11.8. The molecule has 3 aromatic heterocycles. The first kappa shape index (κ1) is 33.2. The molecule has 8 aromatic carbocycles. The molecule has 6 nitrogen and oxygen atoms in total. The molecule has 0 amide bonds. The maximum Gasteiger partial charge on any atom is 0.238 e. The van der Waals surface area contributed by atoms with Crippen LogP contribution in [0.5, 0.6) is 0 Å². The van der Waals surface area contributed by atoms with E-state index in [0.29, 0.717) is 29.1 Å². The van der Waals surface area contributed by atoms with Gasteiger partial charge in [0, 0.05) is 21.9 Å². The van der Waals surface area contributed by atoms with E-state index in [9.17, 15) is 0 Å². The van der Waals surface area contributed by atoms with Crippen molar-refractivity contribution in [2.45, 2.75) is 5.41 Å². The molecule has 59 heavy (non-hydrogen) atoms. The van der Waals surface area contributed by atoms with Gasteiger partial charge in [-0.3, -0.25) is 4.57 Å². The highest BCUT2D eigenvalue weighted by atomic mass is 16.3. The molecule has 0 radical (unpaired) electrons. The quantitative estimate of drug-likeness (QED) is 0.169. The molecule has 276 valence electrons. The van der Waals surface area contributed by atoms with E-state index in [2.05, 4.69) is 156 Å². The Balaban J connectivity index is 1.06. The van der Waals surface area contributed by atoms with Gasteiger partial charge in [0.1, 0.15) is 5.52 Å². The van der Waals surface area contributed by atoms with E-state index >= 15 is 0 Å². The minimum Gasteiger partial charge on any atom is -0.435 e. The zero-order chi connectivity index (χ0) is 38.9. The lowest BCUT2D eigenvalue weighted by Gasteiger charge is -2.34. The number of rotatable bonds is 6. The lowest BCUT2D eigenvalue weighted by Crippen LogP contribution is -2.28. The fourth-order valence-corrected chi connectivity index (χ4v) is 9.27. The summed E-state index contributed by atoms with van der Waals surface area (Å²) in [6, 6.07) is 69.8. The summed E-state index contributed by atoms with van der Waals surface area (Å²) in [5.41, 5.74) is 12.6. The van der Waals surface area contributed by atoms with Gasteiger partial charge in [-0.25, -0.2) is 9.97 Å². The lowest BCUT2D eigenvalue weighted by atomic mass is 9.67. The number of para-hydroxylation sites is 3. The van der Waals surface area contributed by atoms with Crippen LogP contribution >= 0.6 is 0 Å². The fraction of sp³-hybridized carbons (Fsp3) is 0.0189. The monoisotopic (exact) mass is 755 g/mol. The predicted molar refractivity (Wildman–Crippen MR) is 235 cm³/mol. The van der Waals surface area contributed by atoms with Gasteiger partial charge in [-0.05, 0) is 69.8 Å². The molecule has 3 heterocycles. The van der Waals surface area contributed by atoms with Gasteiger partial charge in [0.15, 0.2) is 17.2 Å². The average Bonchev–Trinajstić information content (AvgIpc) is 3.99. The minimum absolute atomic E-state index is 0.501. The Morgan fingerprint density at radius 1 is 0.407 bits per heavy atom. The molecule has 0 unspecified atom stereocenters. The largest absolute Gasteiger partial charge is 0.435 e. The molecule has 11 aromatic rings. The van der Waals surface area contributed by atoms with Crippen LogP contribution in [-0.4, -0.2) is 24.5 Å². The highest BCUT2D eigenvalue weighted by molar-refractivity contribution is 6.09. The van der Waals surface area contributed by atoms with Crippen LogP contribution in [0.2, 0.25) is 0 Å². The fourth-order valence-electron chi connectivity index (χ4n) is 9.27. The maximum absolute atomic E-state index is 6.85. The normalized spacial score (nSPS) is 12.9. The lowest BCUT2D eigenvalue weighted by molar-refractivity contribution is 0.620. The van der Waals surface area contributed by atoms with Crippen molar-refractivity contribution >= 4 is 32.9 Å². The van der Waals surface area contributed by atoms with Gasteiger partial charge < -0.3 is 4.42 Å². The smallest absolute Gasteiger partial charge is 0.238 e. The molecule has 0 fully saturated rings. The summed E-state index contributed by atoms with van der Waals surface area (Å²) >= 11 is 0. The second-order valence-corrected chi connectivity index (χ2v) is 15.0. The van der Waals surface area contributed by atoms with Gasteiger partial charge in [-0.2, -0.15) is 9.97 Å². The van der Waals surface area contributed by atoms with Crippen LogP contribution < -0.4 is 0 Å². The topological polar surface area (TPSA) is 69.6 Å². The molecule has 1 aliphatic carbocycles. The number of aromatic nitrogens is 5. The summed E-state index contributed by atoms with van der Waals surface area (Å²) in [6.45, 7) is 0. The van der Waals surface area contributed by atoms with Crippen LogP contribution in [0.25, 0.3) is 84.2 Å². The Bertz CT molecular complexity index is 3300. The van der Waals surface area contributed by atoms with Crippen LogP contribution in [0.15, 0.2) is 205 Å². The van der Waals surface area contributed by atoms with Gasteiger partial charge in [-0.15, -0.1) is 0 Å². The Morgan fingerprint density at radius 2 is 0.983 bits per heavy atom. The first-order chi connectivity index (χ1) is 29.3. The third kappa shape index (κ3) is 5.00. The maximum atomic E-state index is 6.85. The zero-order valence-electron chi connectivity index (χ0n) is 31.7. The highest BCUT2D eigenvalue weighted by Crippen LogP contribution is 2.56. The molecule has 1 aliphatic rings. The first-order valence-corrected chi connectivity index (χ1v) is 19.8. The number of nitrogens with zero attached hydrogens (tertiary/aromatic N) is 5. The molecule has 0 saturated carbocycles. The van der Waals surface area contributed by atoms with Crippen molar-refractivity contribution < 1.29 is 4.42 Å². The summed E-state index contributed by atoms with van der Waals surface area (Å²) in [7, 11) is 0. The van der Waals surface area contributed by atoms with Crippen molar-refractivity contribution in [1.82, 2.24) is 24.5 Å². The van der Waals surface area contributed by atoms with E-state index in [1.165, 1.54) is 33.4 Å². The van der Waals surface area contributed by atoms with Crippen molar-refractivity contribution in [2.75, 3.05) is 0 Å². The Morgan fingerprint density at radius 3 is 1.69 bits per heavy atom. The van der Waals surface area contributed by atoms with Crippen LogP contribution in [0.4, 0.5) is 0 Å². The second-order valence-electron chi connectivity index (χ2n) is 15.0. The van der Waals surface area contributed by atoms with E-state index in [1.54, 1.807) is 0 Å². The van der Waals surface area contributed by atoms with E-state index in [1.807, 2.05) is 48.5 Å². The number of fused-ring (bicyclic) bond motifs is 7. The molecule has 0 N–H and O–H groups in total. The van der Waals surface area contributed by atoms with Crippen molar-refractivity contribution in [3.05, 3.63) is 222 Å². The molecule has 0 aliphatic heterocycles. The Labute approximate surface area is 339 Å². The number of hydrogen-bond donors (Lipinski definition) is 0. The SMILES string of the molecule is c1ccc(-c2nc(-c3cccc4nc(-c5ccc6c(c5)C(c5ccccc5)(c5ccccc5)c5ccccc5-6)oc34)nc(-n3c4ccccc4c4ccccc43)n2)cc1. The molecular formula is C53H33N5O. The predicted octanol–water partition coefficient (Wildman–Crippen LogP) is 12.5. The van der Waals surface area contributed by atoms with E-state index in [0.717, 1.165) is 44.0 Å². The van der Waals surface area contributed by atoms with Gasteiger partial charge in [-0.1, -0.05) is 164 Å². The van der Waals surface area contributed by atoms with E-state index in [-0.39, 0.29) is 0 Å². The van der Waals surface area contributed by atoms with Gasteiger partial charge in [0.05, 0.1) is 22.0 Å². The van der Waals surface area contributed by atoms with Crippen molar-refractivity contribution in [1.29, 1.82) is 0 Å². The molecule has 0 spiro atoms. The van der Waals surface area contributed by atoms with Gasteiger partial charge >= 0.3 is 0 Å². The molecular weight excluding hydrogens is 723 g/mol. The summed E-state index contributed by atoms with van der Waals surface area (Å²) < 4.78 is 8.98. The minimum atomic E-state index is -0.538. The molecule has 0 saturated heterocycles. The van der Waals surface area contributed by atoms with E-state index in [4.69, 9.17) is 24.4 Å². The number of benzene rings is 8. The van der Waals surface area contributed by atoms with Gasteiger partial charge in [0.25, 0.3) is 0 Å². The molecule has 0 atom stereocenters. The summed E-state index contributed by atoms with van der Waals surface area (Å²) in [6.07, 6.45) is 0. The third-order valence-corrected chi connectivity index (χ3v) is 11.8. The average molecular weight is 756 g/mol. The first-order valence-electron chi connectivity index (χ1n) is 19.8. The number of oxazole rings is 1. The van der Waals surface area contributed by atoms with Crippen LogP contribution in [-0.2, 0) is 5.41 Å². The zero-order valence-corrected chi connectivity index (χ0v) is 31.7. The van der Waals surface area contributed by atoms with Gasteiger partial charge in [0.2, 0.25) is 11.8 Å². The summed E-state index contributed by atoms with van der Waals surface area (Å²) in [4.78, 5) is 20.6. The van der Waals surface area contributed by atoms with Crippen LogP contribution in [0.1, 0.15) is 22.3 Å². The van der Waals surface area contributed by atoms with Crippen LogP contribution in [0.3, 0.4) is 0 Å². The Hall–Kier alpha value is -7.96. The molecule has 12 rings (SSSR count). The molecule has 6 heteroatoms. The van der Waals surface area contributed by atoms with Crippen molar-refractivity contribution in [3.8, 4) is 51.3 Å². The summed E-state index contributed by atoms with van der Waals surface area (Å²) in [5, 5.41) is 2.27. The Kier molecular flexibility index (Phi) is 7.34. The number of hydrogen-bond acceptors (Lipinski definition) is 5. The van der Waals surface area contributed by atoms with Crippen molar-refractivity contribution in [2.24, 2.45) is 0 Å². The standard InChI is InChI=1S/C53H33N5O/c1-4-17-34(18-5-1)49-55-50(57-52(56-49)58-46-29-14-11-24-40(46)41-25-12-15-30-47(41)58)42-26-16-28-45-48(42)59-51(54-45)35-31-32-39-38-23-10-13-27-43(38)53(44(39)33-35,36-19-6-2-7-20-36)37-21-8-3-9-22-37/h1-33H. The van der Waals surface area contributed by atoms with Crippen LogP contribution in [0, 0.1) is 0 Å². The second kappa shape index (κ2) is 13.0. The highest BCUT2D eigenvalue weighted by Gasteiger charge is 2.46. The molecule has 0 bridgehead atoms. The van der Waals surface area contributed by atoms with E-state index < -0.39 is 5.41 Å².